The molecule has 0 spiro atoms. The van der Waals surface area contributed by atoms with Crippen LogP contribution in [0.1, 0.15) is 5.56 Å². The lowest BCUT2D eigenvalue weighted by Crippen LogP contribution is -2.28. The number of ether oxygens (including phenoxy) is 2. The highest BCUT2D eigenvalue weighted by atomic mass is 16.6. The molecular weight excluding hydrogens is 344 g/mol. The van der Waals surface area contributed by atoms with Crippen molar-refractivity contribution in [2.45, 2.75) is 6.61 Å². The first kappa shape index (κ1) is 18.9. The molecule has 9 heteroatoms. The summed E-state index contributed by atoms with van der Waals surface area (Å²) in [6, 6.07) is 4.12. The van der Waals surface area contributed by atoms with E-state index in [1.165, 1.54) is 42.6 Å². The van der Waals surface area contributed by atoms with E-state index in [1.54, 1.807) is 0 Å². The van der Waals surface area contributed by atoms with Gasteiger partial charge in [0.1, 0.15) is 11.4 Å². The fraction of sp³-hybridized carbons (Fsp3) is 0.176. The van der Waals surface area contributed by atoms with Crippen LogP contribution in [0.2, 0.25) is 0 Å². The van der Waals surface area contributed by atoms with Gasteiger partial charge in [0.05, 0.1) is 31.3 Å². The minimum absolute atomic E-state index is 0.0539. The smallest absolute Gasteiger partial charge is 0.355 e. The van der Waals surface area contributed by atoms with Gasteiger partial charge in [0, 0.05) is 17.8 Å². The molecule has 0 saturated carbocycles. The second-order valence-electron chi connectivity index (χ2n) is 5.02. The van der Waals surface area contributed by atoms with Crippen molar-refractivity contribution < 1.29 is 29.1 Å². The highest BCUT2D eigenvalue weighted by Gasteiger charge is 2.32. The summed E-state index contributed by atoms with van der Waals surface area (Å²) in [6.07, 6.45) is 5.65. The summed E-state index contributed by atoms with van der Waals surface area (Å²) < 4.78 is 9.44. The van der Waals surface area contributed by atoms with Crippen molar-refractivity contribution in [3.63, 3.8) is 0 Å². The molecule has 1 aliphatic heterocycles. The van der Waals surface area contributed by atoms with E-state index < -0.39 is 23.5 Å². The molecule has 0 unspecified atom stereocenters. The first-order valence-corrected chi connectivity index (χ1v) is 7.38. The number of nitro groups is 1. The van der Waals surface area contributed by atoms with Gasteiger partial charge in [-0.2, -0.15) is 0 Å². The van der Waals surface area contributed by atoms with Crippen molar-refractivity contribution >= 4 is 23.3 Å². The van der Waals surface area contributed by atoms with Gasteiger partial charge >= 0.3 is 11.9 Å². The number of esters is 2. The molecule has 0 fully saturated rings. The Labute approximate surface area is 148 Å². The lowest BCUT2D eigenvalue weighted by atomic mass is 10.1. The number of rotatable bonds is 5. The molecule has 0 saturated heterocycles. The van der Waals surface area contributed by atoms with E-state index in [9.17, 15) is 24.8 Å². The number of carbonyl (C=O) groups excluding carboxylic acids is 2. The van der Waals surface area contributed by atoms with E-state index in [2.05, 4.69) is 0 Å². The number of aliphatic hydroxyl groups is 1. The molecule has 1 aromatic carbocycles. The Morgan fingerprint density at radius 3 is 2.46 bits per heavy atom. The Morgan fingerprint density at radius 1 is 1.19 bits per heavy atom. The number of anilines is 1. The maximum atomic E-state index is 12.4. The quantitative estimate of drug-likeness (QED) is 0.477. The van der Waals surface area contributed by atoms with Gasteiger partial charge in [0.15, 0.2) is 0 Å². The zero-order chi connectivity index (χ0) is 19.3. The number of nitro benzene ring substituents is 1. The number of aliphatic hydroxyl groups excluding tert-OH is 1. The largest absolute Gasteiger partial charge is 0.465 e. The monoisotopic (exact) mass is 360 g/mol. The second-order valence-corrected chi connectivity index (χ2v) is 5.02. The number of allylic oxidation sites excluding steroid dienone is 2. The third kappa shape index (κ3) is 3.47. The van der Waals surface area contributed by atoms with Crippen LogP contribution in [0, 0.1) is 10.1 Å². The molecule has 0 atom stereocenters. The summed E-state index contributed by atoms with van der Waals surface area (Å²) >= 11 is 0. The maximum Gasteiger partial charge on any atom is 0.355 e. The third-order valence-electron chi connectivity index (χ3n) is 3.60. The normalized spacial score (nSPS) is 13.4. The number of methoxy groups -OCH3 is 2. The molecule has 0 amide bonds. The molecule has 1 aliphatic rings. The van der Waals surface area contributed by atoms with Gasteiger partial charge in [0.2, 0.25) is 0 Å². The highest BCUT2D eigenvalue weighted by Crippen LogP contribution is 2.36. The van der Waals surface area contributed by atoms with Gasteiger partial charge in [-0.1, -0.05) is 18.2 Å². The standard InChI is InChI=1S/C17H16N2O7/c1-25-16(21)12-7-3-4-9-18(15(12)17(22)26-2)14-11(10-20)6-5-8-13(14)19(23)24/h3-9,20H,10H2,1-2H3. The maximum absolute atomic E-state index is 12.4. The zero-order valence-electron chi connectivity index (χ0n) is 14.0. The van der Waals surface area contributed by atoms with E-state index in [4.69, 9.17) is 9.47 Å². The Morgan fingerprint density at radius 2 is 1.88 bits per heavy atom. The Hall–Kier alpha value is -3.46. The van der Waals surface area contributed by atoms with Gasteiger partial charge in [-0.25, -0.2) is 9.59 Å². The minimum Gasteiger partial charge on any atom is -0.465 e. The number of hydrogen-bond donors (Lipinski definition) is 1. The van der Waals surface area contributed by atoms with Gasteiger partial charge in [-0.15, -0.1) is 0 Å². The molecule has 0 aromatic heterocycles. The fourth-order valence-corrected chi connectivity index (χ4v) is 2.47. The van der Waals surface area contributed by atoms with E-state index in [0.29, 0.717) is 0 Å². The molecule has 2 rings (SSSR count). The van der Waals surface area contributed by atoms with Crippen LogP contribution in [0.4, 0.5) is 11.4 Å². The minimum atomic E-state index is -0.899. The van der Waals surface area contributed by atoms with Crippen molar-refractivity contribution in [3.8, 4) is 0 Å². The van der Waals surface area contributed by atoms with Crippen molar-refractivity contribution in [2.75, 3.05) is 19.1 Å². The molecule has 1 heterocycles. The Kier molecular flexibility index (Phi) is 5.86. The summed E-state index contributed by atoms with van der Waals surface area (Å²) in [4.78, 5) is 36.5. The van der Waals surface area contributed by atoms with Crippen LogP contribution in [0.3, 0.4) is 0 Å². The lowest BCUT2D eigenvalue weighted by Gasteiger charge is -2.24. The van der Waals surface area contributed by atoms with Crippen molar-refractivity contribution in [3.05, 3.63) is 69.6 Å². The van der Waals surface area contributed by atoms with Crippen molar-refractivity contribution in [1.29, 1.82) is 0 Å². The van der Waals surface area contributed by atoms with Crippen LogP contribution in [0.15, 0.2) is 53.9 Å². The topological polar surface area (TPSA) is 119 Å². The van der Waals surface area contributed by atoms with E-state index in [-0.39, 0.29) is 28.2 Å². The summed E-state index contributed by atoms with van der Waals surface area (Å²) in [6.45, 7) is -0.517. The number of carbonyl (C=O) groups is 2. The average molecular weight is 360 g/mol. The molecule has 136 valence electrons. The summed E-state index contributed by atoms with van der Waals surface area (Å²) in [7, 11) is 2.26. The number of benzene rings is 1. The summed E-state index contributed by atoms with van der Waals surface area (Å²) in [5, 5.41) is 21.1. The predicted molar refractivity (Wildman–Crippen MR) is 90.8 cm³/mol. The van der Waals surface area contributed by atoms with Gasteiger partial charge in [-0.05, 0) is 12.2 Å². The molecule has 9 nitrogen and oxygen atoms in total. The molecule has 0 radical (unpaired) electrons. The molecule has 1 N–H and O–H groups in total. The number of hydrogen-bond acceptors (Lipinski definition) is 8. The van der Waals surface area contributed by atoms with Crippen LogP contribution in [-0.4, -0.2) is 36.2 Å². The summed E-state index contributed by atoms with van der Waals surface area (Å²) in [5.74, 6) is -1.72. The Balaban J connectivity index is 2.84. The first-order valence-electron chi connectivity index (χ1n) is 7.38. The predicted octanol–water partition coefficient (Wildman–Crippen LogP) is 1.58. The Bertz CT molecular complexity index is 840. The molecule has 0 aliphatic carbocycles. The van der Waals surface area contributed by atoms with Crippen LogP contribution < -0.4 is 4.90 Å². The van der Waals surface area contributed by atoms with Crippen LogP contribution in [0.25, 0.3) is 0 Å². The van der Waals surface area contributed by atoms with E-state index in [0.717, 1.165) is 19.1 Å². The SMILES string of the molecule is COC(=O)C1=C(C(=O)OC)N(c2c(CO)cccc2[N+](=O)[O-])C=CC=C1. The second kappa shape index (κ2) is 8.08. The van der Waals surface area contributed by atoms with Gasteiger partial charge < -0.3 is 19.5 Å². The number of nitrogens with zero attached hydrogens (tertiary/aromatic N) is 2. The summed E-state index contributed by atoms with van der Waals surface area (Å²) in [5.41, 5.74) is -0.633. The first-order chi connectivity index (χ1) is 12.5. The fourth-order valence-electron chi connectivity index (χ4n) is 2.47. The van der Waals surface area contributed by atoms with Gasteiger partial charge in [-0.3, -0.25) is 10.1 Å². The van der Waals surface area contributed by atoms with E-state index in [1.807, 2.05) is 0 Å². The molecular formula is C17H16N2O7. The third-order valence-corrected chi connectivity index (χ3v) is 3.60. The van der Waals surface area contributed by atoms with Crippen LogP contribution in [-0.2, 0) is 25.7 Å². The molecule has 1 aromatic rings. The van der Waals surface area contributed by atoms with Crippen LogP contribution >= 0.6 is 0 Å². The lowest BCUT2D eigenvalue weighted by molar-refractivity contribution is -0.384. The van der Waals surface area contributed by atoms with Gasteiger partial charge in [0.25, 0.3) is 5.69 Å². The molecule has 0 bridgehead atoms. The highest BCUT2D eigenvalue weighted by molar-refractivity contribution is 6.06. The van der Waals surface area contributed by atoms with Crippen molar-refractivity contribution in [1.82, 2.24) is 0 Å². The van der Waals surface area contributed by atoms with Crippen LogP contribution in [0.5, 0.6) is 0 Å². The van der Waals surface area contributed by atoms with Crippen molar-refractivity contribution in [2.24, 2.45) is 0 Å². The average Bonchev–Trinajstić information content (AvgIpc) is 2.88. The number of para-hydroxylation sites is 1. The molecule has 26 heavy (non-hydrogen) atoms. The zero-order valence-corrected chi connectivity index (χ0v) is 14.0. The van der Waals surface area contributed by atoms with E-state index >= 15 is 0 Å².